The molecule has 0 aliphatic heterocycles. The first-order chi connectivity index (χ1) is 6.13. The summed E-state index contributed by atoms with van der Waals surface area (Å²) >= 11 is 0. The summed E-state index contributed by atoms with van der Waals surface area (Å²) in [6, 6.07) is 4.91. The Morgan fingerprint density at radius 2 is 2.00 bits per heavy atom. The Morgan fingerprint density at radius 1 is 1.36 bits per heavy atom. The molecule has 0 aromatic heterocycles. The van der Waals surface area contributed by atoms with E-state index in [1.54, 1.807) is 12.1 Å². The highest BCUT2D eigenvalue weighted by atomic mass is 35.5. The summed E-state index contributed by atoms with van der Waals surface area (Å²) in [7, 11) is 5.41. The molecule has 0 fully saturated rings. The van der Waals surface area contributed by atoms with Crippen LogP contribution in [0.1, 0.15) is 5.56 Å². The fourth-order valence-electron chi connectivity index (χ4n) is 1.17. The number of rotatable bonds is 3. The van der Waals surface area contributed by atoms with E-state index >= 15 is 0 Å². The molecule has 2 nitrogen and oxygen atoms in total. The van der Waals surface area contributed by atoms with Gasteiger partial charge in [-0.2, -0.15) is 0 Å². The van der Waals surface area contributed by atoms with Gasteiger partial charge >= 0.3 is 0 Å². The summed E-state index contributed by atoms with van der Waals surface area (Å²) in [6.07, 6.45) is 0. The lowest BCUT2D eigenvalue weighted by molar-refractivity contribution is 0.379. The minimum atomic E-state index is -0.315. The standard InChI is InChI=1S/C10H14FNO.ClH/c1-12(2)7-8-4-5-9(11)10(6-8)13-3;/h4-6H,7H2,1-3H3;1H. The van der Waals surface area contributed by atoms with Gasteiger partial charge in [0.1, 0.15) is 0 Å². The van der Waals surface area contributed by atoms with E-state index in [0.29, 0.717) is 5.75 Å². The van der Waals surface area contributed by atoms with Crippen LogP contribution in [0.4, 0.5) is 4.39 Å². The van der Waals surface area contributed by atoms with Crippen LogP contribution in [0.25, 0.3) is 0 Å². The first-order valence-electron chi connectivity index (χ1n) is 4.10. The van der Waals surface area contributed by atoms with E-state index in [4.69, 9.17) is 4.74 Å². The van der Waals surface area contributed by atoms with Crippen LogP contribution in [0.5, 0.6) is 5.75 Å². The van der Waals surface area contributed by atoms with E-state index in [1.807, 2.05) is 19.0 Å². The van der Waals surface area contributed by atoms with Crippen LogP contribution < -0.4 is 4.74 Å². The quantitative estimate of drug-likeness (QED) is 0.774. The number of hydrogen-bond donors (Lipinski definition) is 0. The lowest BCUT2D eigenvalue weighted by Crippen LogP contribution is -2.10. The topological polar surface area (TPSA) is 12.5 Å². The number of nitrogens with zero attached hydrogens (tertiary/aromatic N) is 1. The van der Waals surface area contributed by atoms with Crippen molar-refractivity contribution in [2.75, 3.05) is 21.2 Å². The van der Waals surface area contributed by atoms with Gasteiger partial charge in [0.25, 0.3) is 0 Å². The molecule has 0 radical (unpaired) electrons. The van der Waals surface area contributed by atoms with Crippen molar-refractivity contribution in [3.8, 4) is 5.75 Å². The molecule has 1 aromatic carbocycles. The summed E-state index contributed by atoms with van der Waals surface area (Å²) < 4.78 is 17.8. The van der Waals surface area contributed by atoms with Crippen LogP contribution in [0.15, 0.2) is 18.2 Å². The highest BCUT2D eigenvalue weighted by molar-refractivity contribution is 5.85. The Balaban J connectivity index is 0.00000169. The summed E-state index contributed by atoms with van der Waals surface area (Å²) in [5.41, 5.74) is 1.04. The number of ether oxygens (including phenoxy) is 1. The van der Waals surface area contributed by atoms with Gasteiger partial charge in [-0.3, -0.25) is 0 Å². The molecule has 0 aliphatic rings. The van der Waals surface area contributed by atoms with E-state index < -0.39 is 0 Å². The largest absolute Gasteiger partial charge is 0.494 e. The van der Waals surface area contributed by atoms with Gasteiger partial charge in [0, 0.05) is 6.54 Å². The Labute approximate surface area is 90.1 Å². The molecule has 0 amide bonds. The van der Waals surface area contributed by atoms with Crippen molar-refractivity contribution in [1.29, 1.82) is 0 Å². The molecule has 0 atom stereocenters. The zero-order valence-corrected chi connectivity index (χ0v) is 9.40. The lowest BCUT2D eigenvalue weighted by Gasteiger charge is -2.10. The third-order valence-electron chi connectivity index (χ3n) is 1.71. The lowest BCUT2D eigenvalue weighted by atomic mass is 10.2. The molecule has 0 saturated carbocycles. The minimum Gasteiger partial charge on any atom is -0.494 e. The Morgan fingerprint density at radius 3 is 2.50 bits per heavy atom. The molecule has 1 aromatic rings. The van der Waals surface area contributed by atoms with Gasteiger partial charge in [-0.1, -0.05) is 6.07 Å². The summed E-state index contributed by atoms with van der Waals surface area (Å²) in [5, 5.41) is 0. The van der Waals surface area contributed by atoms with E-state index in [-0.39, 0.29) is 18.2 Å². The van der Waals surface area contributed by atoms with E-state index in [0.717, 1.165) is 12.1 Å². The van der Waals surface area contributed by atoms with Gasteiger partial charge in [-0.15, -0.1) is 12.4 Å². The summed E-state index contributed by atoms with van der Waals surface area (Å²) in [5.74, 6) is -0.00986. The van der Waals surface area contributed by atoms with Crippen molar-refractivity contribution >= 4 is 12.4 Å². The van der Waals surface area contributed by atoms with Gasteiger partial charge in [0.05, 0.1) is 7.11 Å². The van der Waals surface area contributed by atoms with Crippen molar-refractivity contribution < 1.29 is 9.13 Å². The fourth-order valence-corrected chi connectivity index (χ4v) is 1.17. The van der Waals surface area contributed by atoms with Crippen LogP contribution in [0.2, 0.25) is 0 Å². The molecule has 0 spiro atoms. The average Bonchev–Trinajstić information content (AvgIpc) is 2.07. The number of methoxy groups -OCH3 is 1. The summed E-state index contributed by atoms with van der Waals surface area (Å²) in [6.45, 7) is 0.788. The monoisotopic (exact) mass is 219 g/mol. The molecular weight excluding hydrogens is 205 g/mol. The van der Waals surface area contributed by atoms with Gasteiger partial charge in [-0.05, 0) is 31.8 Å². The molecule has 0 unspecified atom stereocenters. The van der Waals surface area contributed by atoms with Crippen molar-refractivity contribution in [2.24, 2.45) is 0 Å². The van der Waals surface area contributed by atoms with Gasteiger partial charge < -0.3 is 9.64 Å². The van der Waals surface area contributed by atoms with Crippen LogP contribution in [-0.2, 0) is 6.54 Å². The fraction of sp³-hybridized carbons (Fsp3) is 0.400. The molecular formula is C10H15ClFNO. The predicted octanol–water partition coefficient (Wildman–Crippen LogP) is 2.32. The molecule has 80 valence electrons. The highest BCUT2D eigenvalue weighted by Gasteiger charge is 2.03. The summed E-state index contributed by atoms with van der Waals surface area (Å²) in [4.78, 5) is 2.02. The van der Waals surface area contributed by atoms with Gasteiger partial charge in [-0.25, -0.2) is 4.39 Å². The first-order valence-corrected chi connectivity index (χ1v) is 4.10. The maximum absolute atomic E-state index is 13.0. The highest BCUT2D eigenvalue weighted by Crippen LogP contribution is 2.18. The van der Waals surface area contributed by atoms with Crippen molar-refractivity contribution in [3.05, 3.63) is 29.6 Å². The molecule has 14 heavy (non-hydrogen) atoms. The molecule has 4 heteroatoms. The third-order valence-corrected chi connectivity index (χ3v) is 1.71. The number of benzene rings is 1. The van der Waals surface area contributed by atoms with Gasteiger partial charge in [0.2, 0.25) is 0 Å². The van der Waals surface area contributed by atoms with Crippen LogP contribution in [0.3, 0.4) is 0 Å². The van der Waals surface area contributed by atoms with Gasteiger partial charge in [0.15, 0.2) is 11.6 Å². The SMILES string of the molecule is COc1cc(CN(C)C)ccc1F.Cl. The first kappa shape index (κ1) is 13.2. The number of hydrogen-bond acceptors (Lipinski definition) is 2. The van der Waals surface area contributed by atoms with E-state index in [1.165, 1.54) is 13.2 Å². The van der Waals surface area contributed by atoms with Crippen LogP contribution in [0, 0.1) is 5.82 Å². The number of halogens is 2. The predicted molar refractivity (Wildman–Crippen MR) is 57.6 cm³/mol. The van der Waals surface area contributed by atoms with E-state index in [2.05, 4.69) is 0 Å². The zero-order valence-electron chi connectivity index (χ0n) is 8.58. The van der Waals surface area contributed by atoms with Crippen molar-refractivity contribution in [1.82, 2.24) is 4.90 Å². The third kappa shape index (κ3) is 3.52. The minimum absolute atomic E-state index is 0. The van der Waals surface area contributed by atoms with Crippen LogP contribution >= 0.6 is 12.4 Å². The molecule has 0 aliphatic carbocycles. The molecule has 1 rings (SSSR count). The second-order valence-corrected chi connectivity index (χ2v) is 3.21. The second-order valence-electron chi connectivity index (χ2n) is 3.21. The maximum atomic E-state index is 13.0. The van der Waals surface area contributed by atoms with Crippen molar-refractivity contribution in [3.63, 3.8) is 0 Å². The molecule has 0 heterocycles. The Bertz CT molecular complexity index is 291. The Kier molecular flexibility index (Phi) is 5.50. The smallest absolute Gasteiger partial charge is 0.165 e. The molecule has 0 saturated heterocycles. The molecule has 0 bridgehead atoms. The second kappa shape index (κ2) is 5.83. The van der Waals surface area contributed by atoms with E-state index in [9.17, 15) is 4.39 Å². The maximum Gasteiger partial charge on any atom is 0.165 e. The molecule has 0 N–H and O–H groups in total. The average molecular weight is 220 g/mol. The Hall–Kier alpha value is -0.800. The normalized spacial score (nSPS) is 9.79. The van der Waals surface area contributed by atoms with Crippen molar-refractivity contribution in [2.45, 2.75) is 6.54 Å². The van der Waals surface area contributed by atoms with Crippen LogP contribution in [-0.4, -0.2) is 26.1 Å². The zero-order chi connectivity index (χ0) is 9.84.